The Kier molecular flexibility index (Phi) is 6.23. The van der Waals surface area contributed by atoms with Crippen molar-refractivity contribution < 1.29 is 28.9 Å². The summed E-state index contributed by atoms with van der Waals surface area (Å²) < 4.78 is 12.9. The molecule has 31 heavy (non-hydrogen) atoms. The zero-order valence-corrected chi connectivity index (χ0v) is 16.2. The summed E-state index contributed by atoms with van der Waals surface area (Å²) in [5.41, 5.74) is 1.19. The first kappa shape index (κ1) is 21.8. The van der Waals surface area contributed by atoms with Gasteiger partial charge >= 0.3 is 5.97 Å². The van der Waals surface area contributed by atoms with E-state index in [0.717, 1.165) is 36.0 Å². The second kappa shape index (κ2) is 8.86. The van der Waals surface area contributed by atoms with Gasteiger partial charge in [0, 0.05) is 42.1 Å². The van der Waals surface area contributed by atoms with Gasteiger partial charge in [-0.15, -0.1) is 0 Å². The van der Waals surface area contributed by atoms with Crippen LogP contribution < -0.4 is 4.90 Å². The molecule has 1 aliphatic heterocycles. The van der Waals surface area contributed by atoms with Crippen LogP contribution in [0.1, 0.15) is 24.0 Å². The predicted octanol–water partition coefficient (Wildman–Crippen LogP) is 3.25. The smallest absolute Gasteiger partial charge is 0.307 e. The lowest BCUT2D eigenvalue weighted by atomic mass is 10.1. The van der Waals surface area contributed by atoms with Crippen LogP contribution in [0, 0.1) is 32.0 Å². The number of non-ortho nitro benzene ring substituents is 2. The van der Waals surface area contributed by atoms with E-state index in [0.29, 0.717) is 12.3 Å². The van der Waals surface area contributed by atoms with Gasteiger partial charge in [0.2, 0.25) is 5.91 Å². The molecule has 0 spiro atoms. The van der Waals surface area contributed by atoms with Gasteiger partial charge < -0.3 is 10.0 Å². The molecule has 0 saturated heterocycles. The average Bonchev–Trinajstić information content (AvgIpc) is 3.46. The molecule has 0 bridgehead atoms. The fourth-order valence-corrected chi connectivity index (χ4v) is 3.21. The summed E-state index contributed by atoms with van der Waals surface area (Å²) in [6, 6.07) is 7.47. The summed E-state index contributed by atoms with van der Waals surface area (Å²) in [5.74, 6) is -1.30. The van der Waals surface area contributed by atoms with Crippen molar-refractivity contribution in [1.29, 1.82) is 0 Å². The average molecular weight is 431 g/mol. The van der Waals surface area contributed by atoms with Crippen molar-refractivity contribution in [3.63, 3.8) is 0 Å². The first-order valence-electron chi connectivity index (χ1n) is 9.38. The quantitative estimate of drug-likeness (QED) is 0.546. The van der Waals surface area contributed by atoms with Crippen LogP contribution in [-0.2, 0) is 22.4 Å². The van der Waals surface area contributed by atoms with Crippen LogP contribution in [0.5, 0.6) is 0 Å². The SMILES string of the molecule is O=C(O)Cc1cc([N+](=O)[O-])ccc1F.O=C1Cc2cc([N+](=O)[O-])ccc2N1CC1CC1. The third-order valence-electron chi connectivity index (χ3n) is 4.93. The van der Waals surface area contributed by atoms with Gasteiger partial charge in [-0.05, 0) is 36.5 Å². The highest BCUT2D eigenvalue weighted by Gasteiger charge is 2.33. The number of amides is 1. The van der Waals surface area contributed by atoms with Crippen molar-refractivity contribution >= 4 is 28.9 Å². The van der Waals surface area contributed by atoms with Gasteiger partial charge in [-0.3, -0.25) is 29.8 Å². The fourth-order valence-electron chi connectivity index (χ4n) is 3.21. The van der Waals surface area contributed by atoms with E-state index in [2.05, 4.69) is 0 Å². The first-order chi connectivity index (χ1) is 14.7. The van der Waals surface area contributed by atoms with Gasteiger partial charge in [-0.1, -0.05) is 0 Å². The first-order valence-corrected chi connectivity index (χ1v) is 9.38. The molecule has 0 radical (unpaired) electrons. The van der Waals surface area contributed by atoms with Crippen molar-refractivity contribution in [3.05, 3.63) is 73.6 Å². The van der Waals surface area contributed by atoms with Gasteiger partial charge in [0.25, 0.3) is 11.4 Å². The van der Waals surface area contributed by atoms with E-state index in [9.17, 15) is 34.2 Å². The number of nitro groups is 2. The minimum absolute atomic E-state index is 0.0600. The number of hydrogen-bond acceptors (Lipinski definition) is 6. The van der Waals surface area contributed by atoms with E-state index in [1.165, 1.54) is 25.0 Å². The van der Waals surface area contributed by atoms with E-state index in [-0.39, 0.29) is 22.8 Å². The van der Waals surface area contributed by atoms with Crippen LogP contribution in [0.25, 0.3) is 0 Å². The lowest BCUT2D eigenvalue weighted by Gasteiger charge is -2.16. The summed E-state index contributed by atoms with van der Waals surface area (Å²) in [4.78, 5) is 43.7. The van der Waals surface area contributed by atoms with Crippen LogP contribution in [-0.4, -0.2) is 33.4 Å². The summed E-state index contributed by atoms with van der Waals surface area (Å²) in [5, 5.41) is 29.3. The number of nitro benzene ring substituents is 2. The number of fused-ring (bicyclic) bond motifs is 1. The second-order valence-electron chi connectivity index (χ2n) is 7.30. The molecule has 10 nitrogen and oxygen atoms in total. The maximum absolute atomic E-state index is 12.9. The highest BCUT2D eigenvalue weighted by Crippen LogP contribution is 2.37. The Morgan fingerprint density at radius 2 is 1.71 bits per heavy atom. The number of aliphatic carboxylic acids is 1. The minimum atomic E-state index is -1.23. The van der Waals surface area contributed by atoms with Crippen LogP contribution in [0.2, 0.25) is 0 Å². The third kappa shape index (κ3) is 5.38. The highest BCUT2D eigenvalue weighted by atomic mass is 19.1. The van der Waals surface area contributed by atoms with Crippen LogP contribution >= 0.6 is 0 Å². The molecule has 4 rings (SSSR count). The molecule has 0 unspecified atom stereocenters. The van der Waals surface area contributed by atoms with Crippen molar-refractivity contribution in [2.45, 2.75) is 25.7 Å². The molecule has 2 aromatic rings. The van der Waals surface area contributed by atoms with Crippen molar-refractivity contribution in [1.82, 2.24) is 0 Å². The third-order valence-corrected chi connectivity index (χ3v) is 4.93. The normalized spacial score (nSPS) is 14.5. The molecular weight excluding hydrogens is 413 g/mol. The summed E-state index contributed by atoms with van der Waals surface area (Å²) in [6.45, 7) is 0.768. The minimum Gasteiger partial charge on any atom is -0.481 e. The Balaban J connectivity index is 0.000000180. The molecule has 1 heterocycles. The molecule has 162 valence electrons. The van der Waals surface area contributed by atoms with Crippen LogP contribution in [0.3, 0.4) is 0 Å². The second-order valence-corrected chi connectivity index (χ2v) is 7.30. The molecule has 1 aliphatic carbocycles. The van der Waals surface area contributed by atoms with Crippen LogP contribution in [0.4, 0.5) is 21.5 Å². The number of anilines is 1. The summed E-state index contributed by atoms with van der Waals surface area (Å²) in [6.07, 6.45) is 2.11. The topological polar surface area (TPSA) is 144 Å². The number of carboxylic acids is 1. The number of halogens is 1. The predicted molar refractivity (Wildman–Crippen MR) is 106 cm³/mol. The van der Waals surface area contributed by atoms with E-state index in [1.54, 1.807) is 11.0 Å². The molecule has 0 aromatic heterocycles. The summed E-state index contributed by atoms with van der Waals surface area (Å²) >= 11 is 0. The molecule has 2 aromatic carbocycles. The Bertz CT molecular complexity index is 1070. The van der Waals surface area contributed by atoms with Gasteiger partial charge in [-0.25, -0.2) is 4.39 Å². The lowest BCUT2D eigenvalue weighted by molar-refractivity contribution is -0.385. The molecule has 1 saturated carbocycles. The lowest BCUT2D eigenvalue weighted by Crippen LogP contribution is -2.28. The van der Waals surface area contributed by atoms with Crippen molar-refractivity contribution in [3.8, 4) is 0 Å². The molecule has 2 aliphatic rings. The number of nitrogens with zero attached hydrogens (tertiary/aromatic N) is 3. The monoisotopic (exact) mass is 431 g/mol. The van der Waals surface area contributed by atoms with E-state index in [4.69, 9.17) is 5.11 Å². The molecule has 1 N–H and O–H groups in total. The maximum atomic E-state index is 12.9. The number of carboxylic acid groups (broad SMARTS) is 1. The van der Waals surface area contributed by atoms with Gasteiger partial charge in [-0.2, -0.15) is 0 Å². The molecular formula is C20H18FN3O7. The molecule has 11 heteroatoms. The van der Waals surface area contributed by atoms with Gasteiger partial charge in [0.1, 0.15) is 5.82 Å². The maximum Gasteiger partial charge on any atom is 0.307 e. The summed E-state index contributed by atoms with van der Waals surface area (Å²) in [7, 11) is 0. The largest absolute Gasteiger partial charge is 0.481 e. The van der Waals surface area contributed by atoms with Crippen molar-refractivity contribution in [2.24, 2.45) is 5.92 Å². The van der Waals surface area contributed by atoms with Crippen LogP contribution in [0.15, 0.2) is 36.4 Å². The van der Waals surface area contributed by atoms with Crippen molar-refractivity contribution in [2.75, 3.05) is 11.4 Å². The molecule has 0 atom stereocenters. The van der Waals surface area contributed by atoms with E-state index in [1.807, 2.05) is 0 Å². The Morgan fingerprint density at radius 1 is 1.10 bits per heavy atom. The molecule has 1 amide bonds. The number of rotatable bonds is 6. The number of hydrogen-bond donors (Lipinski definition) is 1. The van der Waals surface area contributed by atoms with E-state index < -0.39 is 28.1 Å². The number of carbonyl (C=O) groups excluding carboxylic acids is 1. The fraction of sp³-hybridized carbons (Fsp3) is 0.300. The highest BCUT2D eigenvalue weighted by molar-refractivity contribution is 6.01. The number of carbonyl (C=O) groups is 2. The Hall–Kier alpha value is -3.89. The Labute approximate surface area is 175 Å². The zero-order valence-electron chi connectivity index (χ0n) is 16.2. The number of benzene rings is 2. The zero-order chi connectivity index (χ0) is 22.7. The molecule has 1 fully saturated rings. The van der Waals surface area contributed by atoms with Gasteiger partial charge in [0.15, 0.2) is 0 Å². The van der Waals surface area contributed by atoms with E-state index >= 15 is 0 Å². The standard InChI is InChI=1S/C12H12N2O3.C8H6FNO4/c15-12-6-9-5-10(14(16)17)3-4-11(9)13(12)7-8-1-2-8;9-7-2-1-6(10(13)14)3-5(7)4-8(11)12/h3-5,8H,1-2,6-7H2;1-3H,4H2,(H,11,12). The Morgan fingerprint density at radius 3 is 2.29 bits per heavy atom. The van der Waals surface area contributed by atoms with Gasteiger partial charge in [0.05, 0.1) is 22.7 Å².